The maximum absolute atomic E-state index is 11.6. The Hall–Kier alpha value is -0.610. The molecule has 0 aromatic heterocycles. The number of nitrogens with one attached hydrogen (secondary N) is 1. The summed E-state index contributed by atoms with van der Waals surface area (Å²) in [6.45, 7) is 6.26. The van der Waals surface area contributed by atoms with E-state index in [0.29, 0.717) is 25.0 Å². The van der Waals surface area contributed by atoms with Crippen molar-refractivity contribution in [3.05, 3.63) is 0 Å². The first-order valence-corrected chi connectivity index (χ1v) is 6.25. The number of hydrogen-bond donors (Lipinski definition) is 2. The second-order valence-corrected chi connectivity index (χ2v) is 4.72. The summed E-state index contributed by atoms with van der Waals surface area (Å²) in [5, 5.41) is 2.98. The lowest BCUT2D eigenvalue weighted by atomic mass is 9.99. The number of carbonyl (C=O) groups excluding carboxylic acids is 1. The molecule has 0 aliphatic carbocycles. The van der Waals surface area contributed by atoms with E-state index in [1.165, 1.54) is 0 Å². The number of amides is 1. The molecule has 3 N–H and O–H groups in total. The van der Waals surface area contributed by atoms with Crippen molar-refractivity contribution in [2.24, 2.45) is 17.6 Å². The Bertz CT molecular complexity index is 221. The van der Waals surface area contributed by atoms with E-state index in [-0.39, 0.29) is 11.8 Å². The van der Waals surface area contributed by atoms with Gasteiger partial charge in [0.25, 0.3) is 0 Å². The van der Waals surface area contributed by atoms with Crippen molar-refractivity contribution in [2.45, 2.75) is 39.2 Å². The fourth-order valence-corrected chi connectivity index (χ4v) is 2.09. The van der Waals surface area contributed by atoms with E-state index < -0.39 is 0 Å². The van der Waals surface area contributed by atoms with Crippen LogP contribution in [0.3, 0.4) is 0 Å². The van der Waals surface area contributed by atoms with Crippen molar-refractivity contribution >= 4 is 5.91 Å². The van der Waals surface area contributed by atoms with E-state index in [1.807, 2.05) is 6.92 Å². The molecular formula is C12H24N2O2. The first kappa shape index (κ1) is 13.5. The van der Waals surface area contributed by atoms with Crippen molar-refractivity contribution in [3.8, 4) is 0 Å². The molecule has 0 bridgehead atoms. The highest BCUT2D eigenvalue weighted by molar-refractivity contribution is 5.76. The van der Waals surface area contributed by atoms with Crippen LogP contribution in [0.2, 0.25) is 0 Å². The number of carbonyl (C=O) groups is 1. The fraction of sp³-hybridized carbons (Fsp3) is 0.917. The van der Waals surface area contributed by atoms with Crippen LogP contribution in [0.25, 0.3) is 0 Å². The minimum Gasteiger partial charge on any atom is -0.378 e. The summed E-state index contributed by atoms with van der Waals surface area (Å²) in [5.74, 6) is 0.864. The van der Waals surface area contributed by atoms with Crippen molar-refractivity contribution < 1.29 is 9.53 Å². The zero-order valence-corrected chi connectivity index (χ0v) is 10.4. The molecule has 4 nitrogen and oxygen atoms in total. The van der Waals surface area contributed by atoms with Gasteiger partial charge in [-0.2, -0.15) is 0 Å². The molecule has 1 amide bonds. The van der Waals surface area contributed by atoms with Gasteiger partial charge in [-0.25, -0.2) is 0 Å². The maximum Gasteiger partial charge on any atom is 0.220 e. The van der Waals surface area contributed by atoms with E-state index >= 15 is 0 Å². The largest absolute Gasteiger partial charge is 0.378 e. The summed E-state index contributed by atoms with van der Waals surface area (Å²) in [4.78, 5) is 11.6. The fourth-order valence-electron chi connectivity index (χ4n) is 2.09. The summed E-state index contributed by atoms with van der Waals surface area (Å²) in [6.07, 6.45) is 2.94. The van der Waals surface area contributed by atoms with Gasteiger partial charge in [0.15, 0.2) is 0 Å². The van der Waals surface area contributed by atoms with Crippen LogP contribution in [0.5, 0.6) is 0 Å². The molecule has 16 heavy (non-hydrogen) atoms. The maximum atomic E-state index is 11.6. The van der Waals surface area contributed by atoms with E-state index in [1.54, 1.807) is 0 Å². The summed E-state index contributed by atoms with van der Waals surface area (Å²) in [6, 6.07) is 0. The molecule has 4 heteroatoms. The molecule has 1 aliphatic rings. The van der Waals surface area contributed by atoms with E-state index in [2.05, 4.69) is 12.2 Å². The van der Waals surface area contributed by atoms with Gasteiger partial charge in [0, 0.05) is 25.5 Å². The van der Waals surface area contributed by atoms with E-state index in [0.717, 1.165) is 26.0 Å². The third kappa shape index (κ3) is 4.10. The van der Waals surface area contributed by atoms with Gasteiger partial charge in [0.1, 0.15) is 0 Å². The number of rotatable bonds is 6. The van der Waals surface area contributed by atoms with Crippen LogP contribution in [0.4, 0.5) is 0 Å². The number of hydrogen-bond acceptors (Lipinski definition) is 3. The molecule has 0 radical (unpaired) electrons. The van der Waals surface area contributed by atoms with E-state index in [4.69, 9.17) is 10.5 Å². The van der Waals surface area contributed by atoms with Gasteiger partial charge < -0.3 is 15.8 Å². The zero-order chi connectivity index (χ0) is 12.0. The molecular weight excluding hydrogens is 204 g/mol. The Morgan fingerprint density at radius 1 is 1.62 bits per heavy atom. The lowest BCUT2D eigenvalue weighted by Crippen LogP contribution is -2.34. The summed E-state index contributed by atoms with van der Waals surface area (Å²) in [7, 11) is 0. The van der Waals surface area contributed by atoms with Gasteiger partial charge in [-0.05, 0) is 25.3 Å². The standard InChI is InChI=1S/C12H24N2O2/c1-3-11-10(4-5-16-11)8-14-12(15)6-9(2)7-13/h9-11H,3-8,13H2,1-2H3,(H,14,15). The van der Waals surface area contributed by atoms with Crippen LogP contribution in [0.15, 0.2) is 0 Å². The normalized spacial score (nSPS) is 26.7. The lowest BCUT2D eigenvalue weighted by molar-refractivity contribution is -0.122. The highest BCUT2D eigenvalue weighted by Gasteiger charge is 2.26. The second kappa shape index (κ2) is 6.86. The Kier molecular flexibility index (Phi) is 5.77. The second-order valence-electron chi connectivity index (χ2n) is 4.72. The van der Waals surface area contributed by atoms with Gasteiger partial charge in [-0.3, -0.25) is 4.79 Å². The molecule has 1 saturated heterocycles. The molecule has 0 saturated carbocycles. The van der Waals surface area contributed by atoms with Gasteiger partial charge >= 0.3 is 0 Å². The molecule has 3 unspecified atom stereocenters. The zero-order valence-electron chi connectivity index (χ0n) is 10.4. The predicted molar refractivity (Wildman–Crippen MR) is 64.0 cm³/mol. The SMILES string of the molecule is CCC1OCCC1CNC(=O)CC(C)CN. The quantitative estimate of drug-likeness (QED) is 0.710. The van der Waals surface area contributed by atoms with E-state index in [9.17, 15) is 4.79 Å². The Morgan fingerprint density at radius 3 is 3.00 bits per heavy atom. The van der Waals surface area contributed by atoms with Crippen molar-refractivity contribution in [1.82, 2.24) is 5.32 Å². The molecule has 1 fully saturated rings. The van der Waals surface area contributed by atoms with Gasteiger partial charge in [0.2, 0.25) is 5.91 Å². The predicted octanol–water partition coefficient (Wildman–Crippen LogP) is 0.903. The van der Waals surface area contributed by atoms with Crippen molar-refractivity contribution in [3.63, 3.8) is 0 Å². The van der Waals surface area contributed by atoms with Crippen LogP contribution < -0.4 is 11.1 Å². The Balaban J connectivity index is 2.20. The van der Waals surface area contributed by atoms with Crippen molar-refractivity contribution in [1.29, 1.82) is 0 Å². The minimum absolute atomic E-state index is 0.111. The van der Waals surface area contributed by atoms with Crippen LogP contribution in [0, 0.1) is 11.8 Å². The summed E-state index contributed by atoms with van der Waals surface area (Å²) >= 11 is 0. The van der Waals surface area contributed by atoms with Gasteiger partial charge in [0.05, 0.1) is 6.10 Å². The first-order valence-electron chi connectivity index (χ1n) is 6.25. The van der Waals surface area contributed by atoms with Gasteiger partial charge in [-0.15, -0.1) is 0 Å². The van der Waals surface area contributed by atoms with Gasteiger partial charge in [-0.1, -0.05) is 13.8 Å². The third-order valence-corrected chi connectivity index (χ3v) is 3.25. The molecule has 0 spiro atoms. The van der Waals surface area contributed by atoms with Crippen LogP contribution in [-0.4, -0.2) is 31.7 Å². The molecule has 1 rings (SSSR count). The molecule has 3 atom stereocenters. The lowest BCUT2D eigenvalue weighted by Gasteiger charge is -2.17. The topological polar surface area (TPSA) is 64.3 Å². The third-order valence-electron chi connectivity index (χ3n) is 3.25. The Morgan fingerprint density at radius 2 is 2.38 bits per heavy atom. The minimum atomic E-state index is 0.111. The molecule has 0 aromatic carbocycles. The number of nitrogens with two attached hydrogens (primary N) is 1. The van der Waals surface area contributed by atoms with Crippen molar-refractivity contribution in [2.75, 3.05) is 19.7 Å². The Labute approximate surface area is 97.9 Å². The number of ether oxygens (including phenoxy) is 1. The van der Waals surface area contributed by atoms with Crippen LogP contribution in [-0.2, 0) is 9.53 Å². The summed E-state index contributed by atoms with van der Waals surface area (Å²) < 4.78 is 5.58. The highest BCUT2D eigenvalue weighted by Crippen LogP contribution is 2.22. The first-order chi connectivity index (χ1) is 7.67. The van der Waals surface area contributed by atoms with Crippen LogP contribution in [0.1, 0.15) is 33.1 Å². The monoisotopic (exact) mass is 228 g/mol. The highest BCUT2D eigenvalue weighted by atomic mass is 16.5. The average Bonchev–Trinajstić information content (AvgIpc) is 2.73. The molecule has 1 heterocycles. The molecule has 0 aromatic rings. The molecule has 1 aliphatic heterocycles. The smallest absolute Gasteiger partial charge is 0.220 e. The average molecular weight is 228 g/mol. The molecule has 94 valence electrons. The van der Waals surface area contributed by atoms with Crippen LogP contribution >= 0.6 is 0 Å². The summed E-state index contributed by atoms with van der Waals surface area (Å²) in [5.41, 5.74) is 5.48.